The van der Waals surface area contributed by atoms with Crippen LogP contribution in [0.5, 0.6) is 5.75 Å². The molecule has 0 bridgehead atoms. The Kier molecular flexibility index (Phi) is 10.8. The maximum atomic E-state index is 11.2. The van der Waals surface area contributed by atoms with Gasteiger partial charge < -0.3 is 20.1 Å². The lowest BCUT2D eigenvalue weighted by molar-refractivity contribution is 0.187. The third-order valence-corrected chi connectivity index (χ3v) is 3.79. The van der Waals surface area contributed by atoms with E-state index in [1.807, 2.05) is 55.5 Å². The monoisotopic (exact) mass is 498 g/mol. The first-order valence-corrected chi connectivity index (χ1v) is 8.75. The number of anilines is 1. The predicted octanol–water partition coefficient (Wildman–Crippen LogP) is 3.75. The molecule has 0 heterocycles. The Balaban J connectivity index is 0.00000392. The summed E-state index contributed by atoms with van der Waals surface area (Å²) >= 11 is 0. The number of halogens is 1. The summed E-state index contributed by atoms with van der Waals surface area (Å²) in [7, 11) is 3.06. The Morgan fingerprint density at radius 3 is 2.36 bits per heavy atom. The van der Waals surface area contributed by atoms with E-state index in [1.165, 1.54) is 7.11 Å². The quantitative estimate of drug-likeness (QED) is 0.308. The molecule has 28 heavy (non-hydrogen) atoms. The summed E-state index contributed by atoms with van der Waals surface area (Å²) in [6.45, 7) is 3.81. The number of hydrogen-bond donors (Lipinski definition) is 3. The molecule has 0 atom stereocenters. The summed E-state index contributed by atoms with van der Waals surface area (Å²) in [5.41, 5.74) is 2.81. The van der Waals surface area contributed by atoms with Gasteiger partial charge in [-0.05, 0) is 30.7 Å². The fourth-order valence-corrected chi connectivity index (χ4v) is 2.41. The van der Waals surface area contributed by atoms with Crippen LogP contribution in [-0.4, -0.2) is 32.8 Å². The van der Waals surface area contributed by atoms with E-state index in [-0.39, 0.29) is 24.0 Å². The summed E-state index contributed by atoms with van der Waals surface area (Å²) in [6.07, 6.45) is -0.488. The lowest BCUT2D eigenvalue weighted by atomic mass is 10.2. The van der Waals surface area contributed by atoms with Crippen LogP contribution in [0.25, 0.3) is 0 Å². The van der Waals surface area contributed by atoms with E-state index in [2.05, 4.69) is 25.7 Å². The molecular weight excluding hydrogens is 471 g/mol. The van der Waals surface area contributed by atoms with Gasteiger partial charge in [-0.25, -0.2) is 4.79 Å². The Morgan fingerprint density at radius 2 is 1.71 bits per heavy atom. The minimum absolute atomic E-state index is 0. The third kappa shape index (κ3) is 7.63. The van der Waals surface area contributed by atoms with Crippen LogP contribution in [0, 0.1) is 0 Å². The van der Waals surface area contributed by atoms with Crippen LogP contribution >= 0.6 is 24.0 Å². The molecule has 0 saturated carbocycles. The van der Waals surface area contributed by atoms with Gasteiger partial charge in [0.15, 0.2) is 5.96 Å². The van der Waals surface area contributed by atoms with Gasteiger partial charge in [0.2, 0.25) is 0 Å². The first-order chi connectivity index (χ1) is 13.2. The first-order valence-electron chi connectivity index (χ1n) is 8.75. The number of carbonyl (C=O) groups is 1. The zero-order chi connectivity index (χ0) is 19.5. The molecule has 0 fully saturated rings. The molecule has 0 radical (unpaired) electrons. The third-order valence-electron chi connectivity index (χ3n) is 3.79. The minimum Gasteiger partial charge on any atom is -0.494 e. The Bertz CT molecular complexity index is 766. The molecule has 0 aromatic heterocycles. The number of benzene rings is 2. The summed E-state index contributed by atoms with van der Waals surface area (Å²) in [5.74, 6) is 1.56. The summed E-state index contributed by atoms with van der Waals surface area (Å²) in [4.78, 5) is 15.4. The second-order valence-corrected chi connectivity index (χ2v) is 5.63. The van der Waals surface area contributed by atoms with Crippen LogP contribution in [0.15, 0.2) is 53.5 Å². The fourth-order valence-electron chi connectivity index (χ4n) is 2.41. The summed E-state index contributed by atoms with van der Waals surface area (Å²) < 4.78 is 10.2. The van der Waals surface area contributed by atoms with Gasteiger partial charge in [0.1, 0.15) is 5.75 Å². The van der Waals surface area contributed by atoms with Gasteiger partial charge in [0.25, 0.3) is 0 Å². The van der Waals surface area contributed by atoms with E-state index in [4.69, 9.17) is 4.74 Å². The standard InChI is InChI=1S/C20H26N4O3.HI/c1-4-27-18-8-6-5-7-16(18)14-23-19(21-2)22-13-15-9-11-17(12-10-15)24-20(25)26-3;/h5-12H,4,13-14H2,1-3H3,(H,24,25)(H2,21,22,23);1H. The minimum atomic E-state index is -0.488. The van der Waals surface area contributed by atoms with Crippen LogP contribution in [0.4, 0.5) is 10.5 Å². The number of hydrogen-bond acceptors (Lipinski definition) is 4. The molecule has 2 aromatic carbocycles. The van der Waals surface area contributed by atoms with Crippen LogP contribution in [0.1, 0.15) is 18.1 Å². The number of methoxy groups -OCH3 is 1. The summed E-state index contributed by atoms with van der Waals surface area (Å²) in [6, 6.07) is 15.4. The van der Waals surface area contributed by atoms with Gasteiger partial charge in [-0.3, -0.25) is 10.3 Å². The second kappa shape index (κ2) is 12.8. The van der Waals surface area contributed by atoms with Gasteiger partial charge >= 0.3 is 6.09 Å². The van der Waals surface area contributed by atoms with Gasteiger partial charge in [-0.1, -0.05) is 30.3 Å². The van der Waals surface area contributed by atoms with E-state index in [1.54, 1.807) is 7.05 Å². The van der Waals surface area contributed by atoms with Crippen molar-refractivity contribution in [2.75, 3.05) is 26.1 Å². The van der Waals surface area contributed by atoms with Crippen molar-refractivity contribution >= 4 is 41.7 Å². The highest BCUT2D eigenvalue weighted by molar-refractivity contribution is 14.0. The maximum Gasteiger partial charge on any atom is 0.411 e. The summed E-state index contributed by atoms with van der Waals surface area (Å²) in [5, 5.41) is 9.17. The Morgan fingerprint density at radius 1 is 1.04 bits per heavy atom. The van der Waals surface area contributed by atoms with Crippen molar-refractivity contribution in [1.82, 2.24) is 10.6 Å². The largest absolute Gasteiger partial charge is 0.494 e. The number of aliphatic imine (C=N–C) groups is 1. The molecule has 152 valence electrons. The van der Waals surface area contributed by atoms with Gasteiger partial charge in [0.05, 0.1) is 13.7 Å². The van der Waals surface area contributed by atoms with Gasteiger partial charge in [0, 0.05) is 31.4 Å². The highest BCUT2D eigenvalue weighted by Gasteiger charge is 2.05. The highest BCUT2D eigenvalue weighted by atomic mass is 127. The van der Waals surface area contributed by atoms with Crippen LogP contribution in [0.2, 0.25) is 0 Å². The molecule has 7 nitrogen and oxygen atoms in total. The Labute approximate surface area is 182 Å². The first kappa shape index (κ1) is 23.5. The molecule has 0 spiro atoms. The van der Waals surface area contributed by atoms with Crippen LogP contribution in [-0.2, 0) is 17.8 Å². The van der Waals surface area contributed by atoms with Crippen molar-refractivity contribution in [2.45, 2.75) is 20.0 Å². The molecule has 0 aliphatic carbocycles. The number of rotatable bonds is 7. The number of nitrogens with zero attached hydrogens (tertiary/aromatic N) is 1. The smallest absolute Gasteiger partial charge is 0.411 e. The zero-order valence-corrected chi connectivity index (χ0v) is 18.7. The average molecular weight is 498 g/mol. The van der Waals surface area contributed by atoms with Crippen LogP contribution < -0.4 is 20.7 Å². The number of carbonyl (C=O) groups excluding carboxylic acids is 1. The molecule has 0 unspecified atom stereocenters. The second-order valence-electron chi connectivity index (χ2n) is 5.63. The topological polar surface area (TPSA) is 84.0 Å². The van der Waals surface area contributed by atoms with E-state index in [0.29, 0.717) is 31.3 Å². The van der Waals surface area contributed by atoms with Crippen molar-refractivity contribution in [3.8, 4) is 5.75 Å². The molecule has 2 rings (SSSR count). The molecular formula is C20H27IN4O3. The molecule has 0 aliphatic rings. The SMILES string of the molecule is CCOc1ccccc1CNC(=NC)NCc1ccc(NC(=O)OC)cc1.I. The van der Waals surface area contributed by atoms with E-state index < -0.39 is 6.09 Å². The van der Waals surface area contributed by atoms with E-state index in [9.17, 15) is 4.79 Å². The molecule has 8 heteroatoms. The van der Waals surface area contributed by atoms with E-state index >= 15 is 0 Å². The number of ether oxygens (including phenoxy) is 2. The lowest BCUT2D eigenvalue weighted by Crippen LogP contribution is -2.36. The normalized spacial score (nSPS) is 10.5. The average Bonchev–Trinajstić information content (AvgIpc) is 2.70. The van der Waals surface area contributed by atoms with Crippen molar-refractivity contribution in [1.29, 1.82) is 0 Å². The van der Waals surface area contributed by atoms with Crippen molar-refractivity contribution in [2.24, 2.45) is 4.99 Å². The number of para-hydroxylation sites is 1. The van der Waals surface area contributed by atoms with Crippen molar-refractivity contribution < 1.29 is 14.3 Å². The molecule has 0 aliphatic heterocycles. The maximum absolute atomic E-state index is 11.2. The fraction of sp³-hybridized carbons (Fsp3) is 0.300. The number of nitrogens with one attached hydrogen (secondary N) is 3. The molecule has 0 saturated heterocycles. The van der Waals surface area contributed by atoms with Crippen LogP contribution in [0.3, 0.4) is 0 Å². The van der Waals surface area contributed by atoms with Gasteiger partial charge in [-0.2, -0.15) is 0 Å². The van der Waals surface area contributed by atoms with Gasteiger partial charge in [-0.15, -0.1) is 24.0 Å². The van der Waals surface area contributed by atoms with Crippen molar-refractivity contribution in [3.05, 3.63) is 59.7 Å². The highest BCUT2D eigenvalue weighted by Crippen LogP contribution is 2.17. The number of guanidine groups is 1. The zero-order valence-electron chi connectivity index (χ0n) is 16.3. The van der Waals surface area contributed by atoms with E-state index in [0.717, 1.165) is 16.9 Å². The van der Waals surface area contributed by atoms with Crippen molar-refractivity contribution in [3.63, 3.8) is 0 Å². The molecule has 2 aromatic rings. The molecule has 1 amide bonds. The molecule has 3 N–H and O–H groups in total. The predicted molar refractivity (Wildman–Crippen MR) is 123 cm³/mol. The Hall–Kier alpha value is -2.49. The number of amides is 1. The lowest BCUT2D eigenvalue weighted by Gasteiger charge is -2.14.